The minimum Gasteiger partial charge on any atom is -0.0709 e. The Kier molecular flexibility index (Phi) is 2.21. The van der Waals surface area contributed by atoms with E-state index in [4.69, 9.17) is 23.2 Å². The van der Waals surface area contributed by atoms with Crippen molar-refractivity contribution >= 4 is 23.2 Å². The van der Waals surface area contributed by atoms with Gasteiger partial charge in [0.1, 0.15) is 4.49 Å². The lowest BCUT2D eigenvalue weighted by atomic mass is 10.3. The van der Waals surface area contributed by atoms with Crippen LogP contribution in [0.3, 0.4) is 0 Å². The Hall–Kier alpha value is 0.320. The van der Waals surface area contributed by atoms with Crippen molar-refractivity contribution in [2.45, 2.75) is 25.7 Å². The fourth-order valence-corrected chi connectivity index (χ4v) is 1.37. The van der Waals surface area contributed by atoms with Crippen LogP contribution in [0.25, 0.3) is 0 Å². The van der Waals surface area contributed by atoms with Gasteiger partial charge in [0.2, 0.25) is 0 Å². The quantitative estimate of drug-likeness (QED) is 0.498. The molecule has 0 nitrogen and oxygen atoms in total. The summed E-state index contributed by atoms with van der Waals surface area (Å²) in [6.07, 6.45) is 4.75. The van der Waals surface area contributed by atoms with E-state index in [-0.39, 0.29) is 0 Å². The summed E-state index contributed by atoms with van der Waals surface area (Å²) in [5, 5.41) is 0. The van der Waals surface area contributed by atoms with Gasteiger partial charge in [-0.1, -0.05) is 23.2 Å². The number of allylic oxidation sites excluding steroid dienone is 1. The first-order valence-corrected chi connectivity index (χ1v) is 3.59. The predicted molar refractivity (Wildman–Crippen MR) is 37.2 cm³/mol. The van der Waals surface area contributed by atoms with Crippen molar-refractivity contribution in [3.63, 3.8) is 0 Å². The third-order valence-electron chi connectivity index (χ3n) is 1.47. The first-order chi connectivity index (χ1) is 3.80. The second-order valence-corrected chi connectivity index (χ2v) is 3.02. The number of hydrogen-bond donors (Lipinski definition) is 0. The Bertz CT molecular complexity index is 104. The standard InChI is InChI=1S/C6H8Cl2/c7-6(8)5-3-1-2-4-5/h1-4H2. The average Bonchev–Trinajstić information content (AvgIpc) is 2.12. The van der Waals surface area contributed by atoms with Crippen molar-refractivity contribution in [3.05, 3.63) is 10.1 Å². The van der Waals surface area contributed by atoms with E-state index in [2.05, 4.69) is 0 Å². The molecule has 1 aliphatic carbocycles. The lowest BCUT2D eigenvalue weighted by Gasteiger charge is -1.90. The number of halogens is 2. The third-order valence-corrected chi connectivity index (χ3v) is 2.01. The smallest absolute Gasteiger partial charge is 0.0709 e. The molecule has 0 bridgehead atoms. The summed E-state index contributed by atoms with van der Waals surface area (Å²) in [7, 11) is 0. The molecular formula is C6H8Cl2. The van der Waals surface area contributed by atoms with Crippen LogP contribution in [-0.2, 0) is 0 Å². The number of rotatable bonds is 0. The van der Waals surface area contributed by atoms with Crippen LogP contribution in [0.5, 0.6) is 0 Å². The molecular weight excluding hydrogens is 143 g/mol. The van der Waals surface area contributed by atoms with Crippen LogP contribution in [-0.4, -0.2) is 0 Å². The van der Waals surface area contributed by atoms with Crippen LogP contribution in [0.4, 0.5) is 0 Å². The normalized spacial score (nSPS) is 19.5. The molecule has 1 saturated carbocycles. The molecule has 1 rings (SSSR count). The van der Waals surface area contributed by atoms with Gasteiger partial charge in [-0.25, -0.2) is 0 Å². The van der Waals surface area contributed by atoms with E-state index in [1.54, 1.807) is 0 Å². The van der Waals surface area contributed by atoms with Crippen LogP contribution in [0, 0.1) is 0 Å². The third kappa shape index (κ3) is 1.40. The molecule has 0 atom stereocenters. The Balaban J connectivity index is 2.58. The van der Waals surface area contributed by atoms with Gasteiger partial charge >= 0.3 is 0 Å². The first-order valence-electron chi connectivity index (χ1n) is 2.84. The summed E-state index contributed by atoms with van der Waals surface area (Å²) in [6.45, 7) is 0. The molecule has 0 saturated heterocycles. The molecule has 0 radical (unpaired) electrons. The van der Waals surface area contributed by atoms with Gasteiger partial charge < -0.3 is 0 Å². The molecule has 0 spiro atoms. The molecule has 1 fully saturated rings. The van der Waals surface area contributed by atoms with Gasteiger partial charge in [-0.3, -0.25) is 0 Å². The van der Waals surface area contributed by atoms with E-state index in [0.717, 1.165) is 12.8 Å². The van der Waals surface area contributed by atoms with E-state index in [0.29, 0.717) is 4.49 Å². The van der Waals surface area contributed by atoms with E-state index >= 15 is 0 Å². The maximum absolute atomic E-state index is 5.53. The van der Waals surface area contributed by atoms with Gasteiger partial charge in [0, 0.05) is 0 Å². The zero-order valence-electron chi connectivity index (χ0n) is 4.58. The molecule has 0 amide bonds. The lowest BCUT2D eigenvalue weighted by Crippen LogP contribution is -1.69. The van der Waals surface area contributed by atoms with Crippen molar-refractivity contribution in [1.29, 1.82) is 0 Å². The molecule has 0 aromatic rings. The molecule has 2 heteroatoms. The van der Waals surface area contributed by atoms with Gasteiger partial charge in [-0.05, 0) is 31.3 Å². The molecule has 0 N–H and O–H groups in total. The van der Waals surface area contributed by atoms with Gasteiger partial charge in [0.15, 0.2) is 0 Å². The Morgan fingerprint density at radius 2 is 1.62 bits per heavy atom. The van der Waals surface area contributed by atoms with E-state index in [1.165, 1.54) is 18.4 Å². The zero-order chi connectivity index (χ0) is 5.98. The second-order valence-electron chi connectivity index (χ2n) is 2.07. The van der Waals surface area contributed by atoms with E-state index in [1.807, 2.05) is 0 Å². The van der Waals surface area contributed by atoms with E-state index in [9.17, 15) is 0 Å². The van der Waals surface area contributed by atoms with Gasteiger partial charge in [-0.15, -0.1) is 0 Å². The zero-order valence-corrected chi connectivity index (χ0v) is 6.10. The van der Waals surface area contributed by atoms with Crippen molar-refractivity contribution in [2.24, 2.45) is 0 Å². The molecule has 0 aliphatic heterocycles. The summed E-state index contributed by atoms with van der Waals surface area (Å²) >= 11 is 11.1. The maximum Gasteiger partial charge on any atom is 0.106 e. The van der Waals surface area contributed by atoms with Crippen LogP contribution in [0.1, 0.15) is 25.7 Å². The fourth-order valence-electron chi connectivity index (χ4n) is 0.991. The lowest BCUT2D eigenvalue weighted by molar-refractivity contribution is 0.886. The second kappa shape index (κ2) is 2.75. The van der Waals surface area contributed by atoms with Gasteiger partial charge in [0.25, 0.3) is 0 Å². The highest BCUT2D eigenvalue weighted by Gasteiger charge is 2.08. The SMILES string of the molecule is ClC(Cl)=C1CCCC1. The maximum atomic E-state index is 5.53. The molecule has 1 aliphatic rings. The van der Waals surface area contributed by atoms with Crippen molar-refractivity contribution < 1.29 is 0 Å². The van der Waals surface area contributed by atoms with Crippen molar-refractivity contribution in [3.8, 4) is 0 Å². The van der Waals surface area contributed by atoms with Crippen LogP contribution < -0.4 is 0 Å². The average molecular weight is 151 g/mol. The topological polar surface area (TPSA) is 0 Å². The number of hydrogen-bond acceptors (Lipinski definition) is 0. The molecule has 0 aromatic carbocycles. The van der Waals surface area contributed by atoms with Crippen molar-refractivity contribution in [2.75, 3.05) is 0 Å². The summed E-state index contributed by atoms with van der Waals surface area (Å²) in [4.78, 5) is 0. The largest absolute Gasteiger partial charge is 0.106 e. The Morgan fingerprint density at radius 1 is 1.12 bits per heavy atom. The molecule has 0 unspecified atom stereocenters. The molecule has 8 heavy (non-hydrogen) atoms. The molecule has 46 valence electrons. The minimum absolute atomic E-state index is 0.502. The van der Waals surface area contributed by atoms with Crippen molar-refractivity contribution in [1.82, 2.24) is 0 Å². The minimum atomic E-state index is 0.502. The highest BCUT2D eigenvalue weighted by molar-refractivity contribution is 6.56. The van der Waals surface area contributed by atoms with E-state index < -0.39 is 0 Å². The van der Waals surface area contributed by atoms with Gasteiger partial charge in [-0.2, -0.15) is 0 Å². The highest BCUT2D eigenvalue weighted by atomic mass is 35.5. The molecule has 0 heterocycles. The monoisotopic (exact) mass is 150 g/mol. The Morgan fingerprint density at radius 3 is 1.88 bits per heavy atom. The summed E-state index contributed by atoms with van der Waals surface area (Å²) in [6, 6.07) is 0. The van der Waals surface area contributed by atoms with Gasteiger partial charge in [0.05, 0.1) is 0 Å². The predicted octanol–water partition coefficient (Wildman–Crippen LogP) is 3.25. The fraction of sp³-hybridized carbons (Fsp3) is 0.667. The summed E-state index contributed by atoms with van der Waals surface area (Å²) < 4.78 is 0.502. The summed E-state index contributed by atoms with van der Waals surface area (Å²) in [5.41, 5.74) is 1.24. The summed E-state index contributed by atoms with van der Waals surface area (Å²) in [5.74, 6) is 0. The van der Waals surface area contributed by atoms with Crippen LogP contribution >= 0.6 is 23.2 Å². The molecule has 0 aromatic heterocycles. The van der Waals surface area contributed by atoms with Crippen LogP contribution in [0.15, 0.2) is 10.1 Å². The highest BCUT2D eigenvalue weighted by Crippen LogP contribution is 2.29. The Labute approximate surface area is 59.5 Å². The van der Waals surface area contributed by atoms with Crippen LogP contribution in [0.2, 0.25) is 0 Å². The first kappa shape index (κ1) is 6.44.